The fourth-order valence-electron chi connectivity index (χ4n) is 4.66. The Morgan fingerprint density at radius 1 is 1.06 bits per heavy atom. The maximum atomic E-state index is 13.3. The van der Waals surface area contributed by atoms with E-state index in [1.54, 1.807) is 0 Å². The lowest BCUT2D eigenvalue weighted by Crippen LogP contribution is -2.41. The number of nitrogens with one attached hydrogen (secondary N) is 1. The van der Waals surface area contributed by atoms with Gasteiger partial charge in [0.05, 0.1) is 11.6 Å². The standard InChI is InChI=1S/C27H29F3N2O3/c28-27(29,30)20-13-15-23-22(17-20)32-26(35-23)25(34)21(14-11-18-7-3-1-4-8-18)31-24(33)16-12-19-9-5-2-6-10-19/h1,3-4,7-8,13,15,17,19,21H,2,5-6,9-12,14,16H2,(H,31,33)/t21-/m0/s1. The van der Waals surface area contributed by atoms with Crippen LogP contribution in [0.3, 0.4) is 0 Å². The van der Waals surface area contributed by atoms with Crippen molar-refractivity contribution in [3.05, 3.63) is 65.5 Å². The highest BCUT2D eigenvalue weighted by Crippen LogP contribution is 2.32. The van der Waals surface area contributed by atoms with Crippen LogP contribution in [-0.2, 0) is 17.4 Å². The number of rotatable bonds is 9. The van der Waals surface area contributed by atoms with Crippen molar-refractivity contribution < 1.29 is 27.2 Å². The molecule has 0 aliphatic heterocycles. The molecule has 1 fully saturated rings. The number of benzene rings is 2. The fourth-order valence-corrected chi connectivity index (χ4v) is 4.66. The quantitative estimate of drug-likeness (QED) is 0.350. The van der Waals surface area contributed by atoms with E-state index < -0.39 is 23.6 Å². The van der Waals surface area contributed by atoms with Gasteiger partial charge < -0.3 is 9.73 Å². The first-order valence-electron chi connectivity index (χ1n) is 12.1. The number of fused-ring (bicyclic) bond motifs is 1. The van der Waals surface area contributed by atoms with Gasteiger partial charge in [0.2, 0.25) is 11.7 Å². The third-order valence-electron chi connectivity index (χ3n) is 6.65. The van der Waals surface area contributed by atoms with Crippen molar-refractivity contribution in [1.29, 1.82) is 0 Å². The smallest absolute Gasteiger partial charge is 0.416 e. The average molecular weight is 487 g/mol. The summed E-state index contributed by atoms with van der Waals surface area (Å²) >= 11 is 0. The van der Waals surface area contributed by atoms with Crippen LogP contribution in [0.25, 0.3) is 11.1 Å². The zero-order chi connectivity index (χ0) is 24.8. The third-order valence-corrected chi connectivity index (χ3v) is 6.65. The van der Waals surface area contributed by atoms with E-state index in [1.807, 2.05) is 30.3 Å². The number of nitrogens with zero attached hydrogens (tertiary/aromatic N) is 1. The minimum absolute atomic E-state index is 0.0476. The van der Waals surface area contributed by atoms with Crippen LogP contribution < -0.4 is 5.32 Å². The molecular weight excluding hydrogens is 457 g/mol. The van der Waals surface area contributed by atoms with Crippen LogP contribution >= 0.6 is 0 Å². The summed E-state index contributed by atoms with van der Waals surface area (Å²) < 4.78 is 44.6. The number of alkyl halides is 3. The number of carbonyl (C=O) groups excluding carboxylic acids is 2. The van der Waals surface area contributed by atoms with Gasteiger partial charge >= 0.3 is 6.18 Å². The lowest BCUT2D eigenvalue weighted by molar-refractivity contribution is -0.137. The molecule has 2 aromatic carbocycles. The molecule has 1 aliphatic rings. The lowest BCUT2D eigenvalue weighted by atomic mass is 9.86. The van der Waals surface area contributed by atoms with Crippen LogP contribution in [-0.4, -0.2) is 22.7 Å². The van der Waals surface area contributed by atoms with Gasteiger partial charge in [-0.2, -0.15) is 13.2 Å². The summed E-state index contributed by atoms with van der Waals surface area (Å²) in [5.74, 6) is -0.521. The fraction of sp³-hybridized carbons (Fsp3) is 0.444. The third kappa shape index (κ3) is 6.71. The highest BCUT2D eigenvalue weighted by Gasteiger charge is 2.32. The summed E-state index contributed by atoms with van der Waals surface area (Å²) in [5.41, 5.74) is 0.184. The molecule has 5 nitrogen and oxygen atoms in total. The molecule has 0 unspecified atom stereocenters. The molecule has 1 aliphatic carbocycles. The molecule has 1 heterocycles. The van der Waals surface area contributed by atoms with Gasteiger partial charge in [-0.3, -0.25) is 9.59 Å². The molecule has 0 spiro atoms. The van der Waals surface area contributed by atoms with Gasteiger partial charge in [0.1, 0.15) is 5.52 Å². The van der Waals surface area contributed by atoms with E-state index >= 15 is 0 Å². The molecular formula is C27H29F3N2O3. The Kier molecular flexibility index (Phi) is 7.88. The van der Waals surface area contributed by atoms with Crippen molar-refractivity contribution >= 4 is 22.8 Å². The van der Waals surface area contributed by atoms with Crippen LogP contribution in [0, 0.1) is 5.92 Å². The summed E-state index contributed by atoms with van der Waals surface area (Å²) in [6.07, 6.45) is 3.35. The molecule has 0 bridgehead atoms. The largest absolute Gasteiger partial charge is 0.434 e. The van der Waals surface area contributed by atoms with E-state index in [-0.39, 0.29) is 22.9 Å². The first kappa shape index (κ1) is 24.9. The second-order valence-electron chi connectivity index (χ2n) is 9.25. The van der Waals surface area contributed by atoms with Crippen molar-refractivity contribution in [3.8, 4) is 0 Å². The minimum atomic E-state index is -4.53. The Morgan fingerprint density at radius 3 is 2.51 bits per heavy atom. The molecule has 3 aromatic rings. The minimum Gasteiger partial charge on any atom is -0.434 e. The number of hydrogen-bond acceptors (Lipinski definition) is 4. The Hall–Kier alpha value is -3.16. The molecule has 1 amide bonds. The molecule has 4 rings (SSSR count). The van der Waals surface area contributed by atoms with Crippen molar-refractivity contribution in [2.75, 3.05) is 0 Å². The van der Waals surface area contributed by atoms with Crippen LogP contribution in [0.5, 0.6) is 0 Å². The lowest BCUT2D eigenvalue weighted by Gasteiger charge is -2.22. The molecule has 0 radical (unpaired) electrons. The molecule has 186 valence electrons. The number of amides is 1. The summed E-state index contributed by atoms with van der Waals surface area (Å²) in [6, 6.07) is 11.6. The molecule has 1 aromatic heterocycles. The van der Waals surface area contributed by atoms with Gasteiger partial charge in [0.15, 0.2) is 5.58 Å². The number of oxazole rings is 1. The van der Waals surface area contributed by atoms with E-state index in [0.29, 0.717) is 25.2 Å². The molecule has 1 atom stereocenters. The van der Waals surface area contributed by atoms with E-state index in [2.05, 4.69) is 10.3 Å². The Balaban J connectivity index is 1.48. The van der Waals surface area contributed by atoms with Crippen LogP contribution in [0.4, 0.5) is 13.2 Å². The van der Waals surface area contributed by atoms with Gasteiger partial charge in [-0.1, -0.05) is 62.4 Å². The topological polar surface area (TPSA) is 72.2 Å². The Morgan fingerprint density at radius 2 is 1.80 bits per heavy atom. The highest BCUT2D eigenvalue weighted by molar-refractivity contribution is 6.00. The molecule has 1 saturated carbocycles. The Bertz CT molecular complexity index is 1150. The van der Waals surface area contributed by atoms with Crippen molar-refractivity contribution in [2.45, 2.75) is 70.0 Å². The average Bonchev–Trinajstić information content (AvgIpc) is 3.29. The molecule has 1 N–H and O–H groups in total. The second kappa shape index (κ2) is 11.1. The Labute approximate surface area is 202 Å². The summed E-state index contributed by atoms with van der Waals surface area (Å²) in [5, 5.41) is 2.84. The number of hydrogen-bond donors (Lipinski definition) is 1. The zero-order valence-electron chi connectivity index (χ0n) is 19.4. The van der Waals surface area contributed by atoms with Gasteiger partial charge in [0, 0.05) is 6.42 Å². The number of aromatic nitrogens is 1. The van der Waals surface area contributed by atoms with Gasteiger partial charge in [0.25, 0.3) is 5.89 Å². The van der Waals surface area contributed by atoms with Crippen molar-refractivity contribution in [1.82, 2.24) is 10.3 Å². The number of Topliss-reactive ketones (excluding diaryl/α,β-unsaturated/α-hetero) is 1. The van der Waals surface area contributed by atoms with Crippen molar-refractivity contribution in [3.63, 3.8) is 0 Å². The highest BCUT2D eigenvalue weighted by atomic mass is 19.4. The van der Waals surface area contributed by atoms with E-state index in [1.165, 1.54) is 19.3 Å². The predicted molar refractivity (Wildman–Crippen MR) is 126 cm³/mol. The molecule has 8 heteroatoms. The maximum absolute atomic E-state index is 13.3. The van der Waals surface area contributed by atoms with Gasteiger partial charge in [-0.05, 0) is 48.9 Å². The molecule has 0 saturated heterocycles. The van der Waals surface area contributed by atoms with Crippen LogP contribution in [0.1, 0.15) is 73.2 Å². The number of ketones is 1. The first-order chi connectivity index (χ1) is 16.8. The normalized spacial score (nSPS) is 15.7. The monoisotopic (exact) mass is 486 g/mol. The summed E-state index contributed by atoms with van der Waals surface area (Å²) in [4.78, 5) is 30.0. The van der Waals surface area contributed by atoms with Crippen LogP contribution in [0.2, 0.25) is 0 Å². The van der Waals surface area contributed by atoms with E-state index in [9.17, 15) is 22.8 Å². The van der Waals surface area contributed by atoms with Gasteiger partial charge in [-0.25, -0.2) is 4.98 Å². The summed E-state index contributed by atoms with van der Waals surface area (Å²) in [7, 11) is 0. The second-order valence-corrected chi connectivity index (χ2v) is 9.25. The maximum Gasteiger partial charge on any atom is 0.416 e. The predicted octanol–water partition coefficient (Wildman–Crippen LogP) is 6.51. The first-order valence-corrected chi connectivity index (χ1v) is 12.1. The molecule has 35 heavy (non-hydrogen) atoms. The number of halogens is 3. The number of aryl methyl sites for hydroxylation is 1. The van der Waals surface area contributed by atoms with Crippen molar-refractivity contribution in [2.24, 2.45) is 5.92 Å². The van der Waals surface area contributed by atoms with E-state index in [4.69, 9.17) is 4.42 Å². The van der Waals surface area contributed by atoms with E-state index in [0.717, 1.165) is 43.0 Å². The van der Waals surface area contributed by atoms with Gasteiger partial charge in [-0.15, -0.1) is 0 Å². The zero-order valence-corrected chi connectivity index (χ0v) is 19.4. The summed E-state index contributed by atoms with van der Waals surface area (Å²) in [6.45, 7) is 0. The SMILES string of the molecule is O=C(CCC1CCCCC1)N[C@@H](CCc1ccccc1)C(=O)c1nc2cc(C(F)(F)F)ccc2o1. The van der Waals surface area contributed by atoms with Crippen LogP contribution in [0.15, 0.2) is 52.9 Å². The number of carbonyl (C=O) groups is 2.